The summed E-state index contributed by atoms with van der Waals surface area (Å²) < 4.78 is 0. The fraction of sp³-hybridized carbons (Fsp3) is 0.333. The number of hydrogen-bond acceptors (Lipinski definition) is 2. The van der Waals surface area contributed by atoms with Gasteiger partial charge in [0.15, 0.2) is 0 Å². The van der Waals surface area contributed by atoms with Crippen molar-refractivity contribution in [3.63, 3.8) is 0 Å². The van der Waals surface area contributed by atoms with Crippen LogP contribution in [0.15, 0.2) is 24.3 Å². The van der Waals surface area contributed by atoms with Gasteiger partial charge in [0.2, 0.25) is 5.91 Å². The molecule has 1 aromatic heterocycles. The molecule has 2 N–H and O–H groups in total. The summed E-state index contributed by atoms with van der Waals surface area (Å²) in [5, 5.41) is 10.5. The lowest BCUT2D eigenvalue weighted by Crippen LogP contribution is -2.47. The Morgan fingerprint density at radius 1 is 1.35 bits per heavy atom. The Bertz CT molecular complexity index is 734. The Labute approximate surface area is 115 Å². The highest BCUT2D eigenvalue weighted by atomic mass is 16.4. The van der Waals surface area contributed by atoms with Gasteiger partial charge < -0.3 is 15.0 Å². The standard InChI is InChI=1S/C15H14N2O3/c18-13-6-5-11-14-9(7-12(15(19)20)17(11)13)8-3-1-2-4-10(8)16-14/h1-4,11-12,16H,5-7H2,(H,19,20)/t11-,12-/m0/s1. The number of amides is 1. The minimum atomic E-state index is -0.916. The van der Waals surface area contributed by atoms with Gasteiger partial charge in [-0.2, -0.15) is 0 Å². The summed E-state index contributed by atoms with van der Waals surface area (Å²) in [5.74, 6) is -0.965. The van der Waals surface area contributed by atoms with E-state index in [0.717, 1.165) is 22.2 Å². The quantitative estimate of drug-likeness (QED) is 0.830. The van der Waals surface area contributed by atoms with Crippen LogP contribution in [-0.4, -0.2) is 32.9 Å². The molecule has 0 saturated carbocycles. The van der Waals surface area contributed by atoms with E-state index in [0.29, 0.717) is 19.3 Å². The molecule has 0 radical (unpaired) electrons. The van der Waals surface area contributed by atoms with Crippen molar-refractivity contribution >= 4 is 22.8 Å². The molecule has 1 fully saturated rings. The fourth-order valence-electron chi connectivity index (χ4n) is 3.60. The third-order valence-electron chi connectivity index (χ3n) is 4.45. The average Bonchev–Trinajstić information content (AvgIpc) is 2.99. The number of fused-ring (bicyclic) bond motifs is 5. The molecule has 1 amide bonds. The van der Waals surface area contributed by atoms with Crippen LogP contribution in [0.1, 0.15) is 30.1 Å². The molecule has 1 aromatic carbocycles. The van der Waals surface area contributed by atoms with E-state index in [1.54, 1.807) is 4.90 Å². The second-order valence-corrected chi connectivity index (χ2v) is 5.48. The predicted octanol–water partition coefficient (Wildman–Crippen LogP) is 1.84. The van der Waals surface area contributed by atoms with E-state index in [1.807, 2.05) is 24.3 Å². The number of carbonyl (C=O) groups is 2. The number of rotatable bonds is 1. The SMILES string of the molecule is O=C(O)[C@@H]1Cc2c([nH]c3ccccc23)[C@@H]2CCC(=O)N12. The van der Waals surface area contributed by atoms with E-state index in [4.69, 9.17) is 0 Å². The number of H-pyrrole nitrogens is 1. The highest BCUT2D eigenvalue weighted by molar-refractivity contribution is 5.91. The Hall–Kier alpha value is -2.30. The number of carboxylic acids is 1. The summed E-state index contributed by atoms with van der Waals surface area (Å²) in [6.45, 7) is 0. The zero-order valence-electron chi connectivity index (χ0n) is 10.8. The van der Waals surface area contributed by atoms with Crippen molar-refractivity contribution in [1.82, 2.24) is 9.88 Å². The summed E-state index contributed by atoms with van der Waals surface area (Å²) in [4.78, 5) is 28.4. The Kier molecular flexibility index (Phi) is 2.22. The van der Waals surface area contributed by atoms with Crippen LogP contribution in [0.4, 0.5) is 0 Å². The van der Waals surface area contributed by atoms with E-state index in [9.17, 15) is 14.7 Å². The first-order chi connectivity index (χ1) is 9.66. The van der Waals surface area contributed by atoms with Crippen molar-refractivity contribution in [1.29, 1.82) is 0 Å². The first-order valence-electron chi connectivity index (χ1n) is 6.80. The molecule has 2 aliphatic rings. The number of nitrogens with one attached hydrogen (secondary N) is 1. The Balaban J connectivity index is 1.94. The van der Waals surface area contributed by atoms with Crippen LogP contribution < -0.4 is 0 Å². The van der Waals surface area contributed by atoms with Gasteiger partial charge in [-0.05, 0) is 18.1 Å². The summed E-state index contributed by atoms with van der Waals surface area (Å²) in [6, 6.07) is 7.07. The van der Waals surface area contributed by atoms with Crippen LogP contribution in [0.3, 0.4) is 0 Å². The number of nitrogens with zero attached hydrogens (tertiary/aromatic N) is 1. The molecular formula is C15H14N2O3. The third kappa shape index (κ3) is 1.37. The molecule has 3 heterocycles. The summed E-state index contributed by atoms with van der Waals surface area (Å²) >= 11 is 0. The van der Waals surface area contributed by atoms with Gasteiger partial charge in [-0.15, -0.1) is 0 Å². The normalized spacial score (nSPS) is 24.8. The molecule has 0 bridgehead atoms. The largest absolute Gasteiger partial charge is 0.480 e. The van der Waals surface area contributed by atoms with E-state index < -0.39 is 12.0 Å². The highest BCUT2D eigenvalue weighted by Crippen LogP contribution is 2.43. The summed E-state index contributed by atoms with van der Waals surface area (Å²) in [6.07, 6.45) is 1.52. The zero-order valence-corrected chi connectivity index (χ0v) is 10.8. The van der Waals surface area contributed by atoms with Crippen LogP contribution in [0.25, 0.3) is 10.9 Å². The monoisotopic (exact) mass is 270 g/mol. The van der Waals surface area contributed by atoms with Gasteiger partial charge in [-0.3, -0.25) is 4.79 Å². The number of benzene rings is 1. The molecule has 102 valence electrons. The van der Waals surface area contributed by atoms with Crippen molar-refractivity contribution in [3.8, 4) is 0 Å². The van der Waals surface area contributed by atoms with E-state index in [2.05, 4.69) is 4.98 Å². The molecule has 2 aromatic rings. The zero-order chi connectivity index (χ0) is 13.9. The molecule has 0 aliphatic carbocycles. The molecule has 5 nitrogen and oxygen atoms in total. The number of aromatic nitrogens is 1. The lowest BCUT2D eigenvalue weighted by atomic mass is 9.92. The molecular weight excluding hydrogens is 256 g/mol. The number of aliphatic carboxylic acids is 1. The second-order valence-electron chi connectivity index (χ2n) is 5.48. The number of aromatic amines is 1. The van der Waals surface area contributed by atoms with Crippen LogP contribution in [0, 0.1) is 0 Å². The van der Waals surface area contributed by atoms with E-state index >= 15 is 0 Å². The lowest BCUT2D eigenvalue weighted by molar-refractivity contribution is -0.150. The summed E-state index contributed by atoms with van der Waals surface area (Å²) in [7, 11) is 0. The van der Waals surface area contributed by atoms with Crippen molar-refractivity contribution < 1.29 is 14.7 Å². The minimum absolute atomic E-state index is 0.0493. The number of carbonyl (C=O) groups excluding carboxylic acids is 1. The maximum absolute atomic E-state index is 12.0. The number of para-hydroxylation sites is 1. The lowest BCUT2D eigenvalue weighted by Gasteiger charge is -2.35. The first-order valence-corrected chi connectivity index (χ1v) is 6.80. The van der Waals surface area contributed by atoms with Crippen molar-refractivity contribution in [2.75, 3.05) is 0 Å². The Morgan fingerprint density at radius 3 is 2.95 bits per heavy atom. The molecule has 5 heteroatoms. The van der Waals surface area contributed by atoms with Gasteiger partial charge in [-0.1, -0.05) is 18.2 Å². The van der Waals surface area contributed by atoms with Crippen LogP contribution in [-0.2, 0) is 16.0 Å². The molecule has 1 saturated heterocycles. The highest BCUT2D eigenvalue weighted by Gasteiger charge is 2.45. The van der Waals surface area contributed by atoms with Gasteiger partial charge in [-0.25, -0.2) is 4.79 Å². The molecule has 20 heavy (non-hydrogen) atoms. The smallest absolute Gasteiger partial charge is 0.326 e. The van der Waals surface area contributed by atoms with Gasteiger partial charge in [0.25, 0.3) is 0 Å². The molecule has 4 rings (SSSR count). The van der Waals surface area contributed by atoms with Crippen LogP contribution in [0.5, 0.6) is 0 Å². The average molecular weight is 270 g/mol. The van der Waals surface area contributed by atoms with Crippen LogP contribution >= 0.6 is 0 Å². The minimum Gasteiger partial charge on any atom is -0.480 e. The molecule has 0 unspecified atom stereocenters. The van der Waals surface area contributed by atoms with E-state index in [1.165, 1.54) is 0 Å². The number of carboxylic acid groups (broad SMARTS) is 1. The maximum Gasteiger partial charge on any atom is 0.326 e. The third-order valence-corrected chi connectivity index (χ3v) is 4.45. The maximum atomic E-state index is 12.0. The first kappa shape index (κ1) is 11.5. The van der Waals surface area contributed by atoms with Crippen molar-refractivity contribution in [3.05, 3.63) is 35.5 Å². The molecule has 0 spiro atoms. The van der Waals surface area contributed by atoms with E-state index in [-0.39, 0.29) is 11.9 Å². The Morgan fingerprint density at radius 2 is 2.15 bits per heavy atom. The van der Waals surface area contributed by atoms with Gasteiger partial charge in [0.05, 0.1) is 6.04 Å². The topological polar surface area (TPSA) is 73.4 Å². The number of hydrogen-bond donors (Lipinski definition) is 2. The van der Waals surface area contributed by atoms with Gasteiger partial charge in [0, 0.05) is 29.4 Å². The second kappa shape index (κ2) is 3.85. The summed E-state index contributed by atoms with van der Waals surface area (Å²) in [5.41, 5.74) is 3.10. The van der Waals surface area contributed by atoms with Gasteiger partial charge >= 0.3 is 5.97 Å². The van der Waals surface area contributed by atoms with Crippen molar-refractivity contribution in [2.24, 2.45) is 0 Å². The predicted molar refractivity (Wildman–Crippen MR) is 72.2 cm³/mol. The molecule has 2 atom stereocenters. The molecule has 2 aliphatic heterocycles. The van der Waals surface area contributed by atoms with Crippen molar-refractivity contribution in [2.45, 2.75) is 31.3 Å². The fourth-order valence-corrected chi connectivity index (χ4v) is 3.60. The van der Waals surface area contributed by atoms with Gasteiger partial charge in [0.1, 0.15) is 6.04 Å². The van der Waals surface area contributed by atoms with Crippen LogP contribution in [0.2, 0.25) is 0 Å².